The summed E-state index contributed by atoms with van der Waals surface area (Å²) in [5.74, 6) is 2.97. The van der Waals surface area contributed by atoms with Crippen molar-refractivity contribution in [3.8, 4) is 11.5 Å². The monoisotopic (exact) mass is 288 g/mol. The van der Waals surface area contributed by atoms with Crippen molar-refractivity contribution in [1.82, 2.24) is 9.97 Å². The SMILES string of the molecule is CCOc1ccc(OCC)c(Nc2cc(NC)ncn2)c1. The van der Waals surface area contributed by atoms with E-state index in [4.69, 9.17) is 9.47 Å². The summed E-state index contributed by atoms with van der Waals surface area (Å²) in [4.78, 5) is 8.29. The zero-order valence-electron chi connectivity index (χ0n) is 12.5. The highest BCUT2D eigenvalue weighted by Crippen LogP contribution is 2.31. The quantitative estimate of drug-likeness (QED) is 0.816. The predicted octanol–water partition coefficient (Wildman–Crippen LogP) is 3.06. The summed E-state index contributed by atoms with van der Waals surface area (Å²) < 4.78 is 11.1. The number of rotatable bonds is 7. The maximum absolute atomic E-state index is 5.62. The first kappa shape index (κ1) is 14.9. The van der Waals surface area contributed by atoms with Gasteiger partial charge in [-0.1, -0.05) is 0 Å². The average molecular weight is 288 g/mol. The molecule has 1 heterocycles. The molecule has 0 saturated carbocycles. The van der Waals surface area contributed by atoms with Gasteiger partial charge in [0.05, 0.1) is 18.9 Å². The van der Waals surface area contributed by atoms with Crippen molar-refractivity contribution < 1.29 is 9.47 Å². The van der Waals surface area contributed by atoms with Crippen LogP contribution in [-0.4, -0.2) is 30.2 Å². The molecule has 0 spiro atoms. The Morgan fingerprint density at radius 1 is 1.00 bits per heavy atom. The van der Waals surface area contributed by atoms with Crippen molar-refractivity contribution in [2.45, 2.75) is 13.8 Å². The molecule has 0 amide bonds. The van der Waals surface area contributed by atoms with Gasteiger partial charge < -0.3 is 20.1 Å². The van der Waals surface area contributed by atoms with Crippen LogP contribution >= 0.6 is 0 Å². The fraction of sp³-hybridized carbons (Fsp3) is 0.333. The number of nitrogens with one attached hydrogen (secondary N) is 2. The van der Waals surface area contributed by atoms with Gasteiger partial charge in [0, 0.05) is 19.2 Å². The van der Waals surface area contributed by atoms with Gasteiger partial charge in [-0.25, -0.2) is 9.97 Å². The third kappa shape index (κ3) is 3.98. The van der Waals surface area contributed by atoms with Crippen LogP contribution in [0, 0.1) is 0 Å². The van der Waals surface area contributed by atoms with Crippen LogP contribution in [0.2, 0.25) is 0 Å². The van der Waals surface area contributed by atoms with Crippen LogP contribution in [0.1, 0.15) is 13.8 Å². The molecule has 2 aromatic rings. The lowest BCUT2D eigenvalue weighted by atomic mass is 10.2. The van der Waals surface area contributed by atoms with E-state index >= 15 is 0 Å². The molecule has 6 nitrogen and oxygen atoms in total. The molecule has 0 aliphatic heterocycles. The molecule has 0 bridgehead atoms. The van der Waals surface area contributed by atoms with Crippen molar-refractivity contribution >= 4 is 17.3 Å². The topological polar surface area (TPSA) is 68.3 Å². The highest BCUT2D eigenvalue weighted by Gasteiger charge is 2.07. The Labute approximate surface area is 124 Å². The average Bonchev–Trinajstić information content (AvgIpc) is 2.50. The molecule has 0 unspecified atom stereocenters. The first-order valence-electron chi connectivity index (χ1n) is 6.93. The predicted molar refractivity (Wildman–Crippen MR) is 83.6 cm³/mol. The van der Waals surface area contributed by atoms with E-state index in [-0.39, 0.29) is 0 Å². The Bertz CT molecular complexity index is 590. The zero-order valence-corrected chi connectivity index (χ0v) is 12.5. The lowest BCUT2D eigenvalue weighted by Crippen LogP contribution is -2.02. The molecule has 112 valence electrons. The summed E-state index contributed by atoms with van der Waals surface area (Å²) in [5.41, 5.74) is 0.809. The highest BCUT2D eigenvalue weighted by molar-refractivity contribution is 5.67. The van der Waals surface area contributed by atoms with E-state index in [1.807, 2.05) is 45.2 Å². The number of benzene rings is 1. The first-order valence-corrected chi connectivity index (χ1v) is 6.93. The van der Waals surface area contributed by atoms with Gasteiger partial charge in [0.15, 0.2) is 0 Å². The molecule has 0 fully saturated rings. The van der Waals surface area contributed by atoms with E-state index in [0.29, 0.717) is 19.0 Å². The number of nitrogens with zero attached hydrogens (tertiary/aromatic N) is 2. The van der Waals surface area contributed by atoms with Crippen LogP contribution in [0.3, 0.4) is 0 Å². The van der Waals surface area contributed by atoms with Gasteiger partial charge in [-0.3, -0.25) is 0 Å². The standard InChI is InChI=1S/C15H20N4O2/c1-4-20-11-6-7-13(21-5-2)12(8-11)19-15-9-14(16-3)17-10-18-15/h6-10H,4-5H2,1-3H3,(H2,16,17,18,19). The van der Waals surface area contributed by atoms with E-state index in [2.05, 4.69) is 20.6 Å². The van der Waals surface area contributed by atoms with E-state index in [1.165, 1.54) is 6.33 Å². The molecule has 2 N–H and O–H groups in total. The maximum Gasteiger partial charge on any atom is 0.143 e. The largest absolute Gasteiger partial charge is 0.494 e. The van der Waals surface area contributed by atoms with Gasteiger partial charge in [0.25, 0.3) is 0 Å². The fourth-order valence-corrected chi connectivity index (χ4v) is 1.84. The van der Waals surface area contributed by atoms with E-state index < -0.39 is 0 Å². The molecular weight excluding hydrogens is 268 g/mol. The molecular formula is C15H20N4O2. The van der Waals surface area contributed by atoms with Gasteiger partial charge in [-0.15, -0.1) is 0 Å². The lowest BCUT2D eigenvalue weighted by molar-refractivity contribution is 0.332. The van der Waals surface area contributed by atoms with Crippen molar-refractivity contribution in [3.63, 3.8) is 0 Å². The normalized spacial score (nSPS) is 10.0. The summed E-state index contributed by atoms with van der Waals surface area (Å²) in [5, 5.41) is 6.21. The Hall–Kier alpha value is -2.50. The lowest BCUT2D eigenvalue weighted by Gasteiger charge is -2.14. The number of anilines is 3. The van der Waals surface area contributed by atoms with Crippen molar-refractivity contribution in [1.29, 1.82) is 0 Å². The molecule has 0 aliphatic rings. The second kappa shape index (κ2) is 7.33. The number of hydrogen-bond donors (Lipinski definition) is 2. The van der Waals surface area contributed by atoms with Gasteiger partial charge in [-0.05, 0) is 26.0 Å². The third-order valence-corrected chi connectivity index (χ3v) is 2.75. The second-order valence-electron chi connectivity index (χ2n) is 4.19. The van der Waals surface area contributed by atoms with Crippen molar-refractivity contribution in [3.05, 3.63) is 30.6 Å². The molecule has 0 radical (unpaired) electrons. The van der Waals surface area contributed by atoms with E-state index in [9.17, 15) is 0 Å². The molecule has 0 atom stereocenters. The molecule has 21 heavy (non-hydrogen) atoms. The Morgan fingerprint density at radius 2 is 1.76 bits per heavy atom. The highest BCUT2D eigenvalue weighted by atomic mass is 16.5. The smallest absolute Gasteiger partial charge is 0.143 e. The van der Waals surface area contributed by atoms with Gasteiger partial charge >= 0.3 is 0 Å². The van der Waals surface area contributed by atoms with Crippen molar-refractivity contribution in [2.75, 3.05) is 30.9 Å². The second-order valence-corrected chi connectivity index (χ2v) is 4.19. The molecule has 2 rings (SSSR count). The van der Waals surface area contributed by atoms with Crippen LogP contribution < -0.4 is 20.1 Å². The summed E-state index contributed by atoms with van der Waals surface area (Å²) in [6, 6.07) is 7.49. The minimum Gasteiger partial charge on any atom is -0.494 e. The Balaban J connectivity index is 2.28. The molecule has 1 aromatic heterocycles. The molecule has 1 aromatic carbocycles. The summed E-state index contributed by atoms with van der Waals surface area (Å²) in [7, 11) is 1.81. The zero-order chi connectivity index (χ0) is 15.1. The Morgan fingerprint density at radius 3 is 2.48 bits per heavy atom. The van der Waals surface area contributed by atoms with Crippen molar-refractivity contribution in [2.24, 2.45) is 0 Å². The van der Waals surface area contributed by atoms with Crippen LogP contribution in [0.5, 0.6) is 11.5 Å². The van der Waals surface area contributed by atoms with Crippen LogP contribution in [0.25, 0.3) is 0 Å². The summed E-state index contributed by atoms with van der Waals surface area (Å²) >= 11 is 0. The molecule has 0 saturated heterocycles. The number of aromatic nitrogens is 2. The minimum atomic E-state index is 0.591. The van der Waals surface area contributed by atoms with Gasteiger partial charge in [-0.2, -0.15) is 0 Å². The van der Waals surface area contributed by atoms with Crippen LogP contribution in [0.15, 0.2) is 30.6 Å². The first-order chi connectivity index (χ1) is 10.3. The Kier molecular flexibility index (Phi) is 5.20. The van der Waals surface area contributed by atoms with E-state index in [0.717, 1.165) is 23.0 Å². The summed E-state index contributed by atoms with van der Waals surface area (Å²) in [6.45, 7) is 5.11. The third-order valence-electron chi connectivity index (χ3n) is 2.75. The number of ether oxygens (including phenoxy) is 2. The molecule has 0 aliphatic carbocycles. The van der Waals surface area contributed by atoms with Crippen LogP contribution in [0.4, 0.5) is 17.3 Å². The van der Waals surface area contributed by atoms with Crippen LogP contribution in [-0.2, 0) is 0 Å². The minimum absolute atomic E-state index is 0.591. The number of hydrogen-bond acceptors (Lipinski definition) is 6. The van der Waals surface area contributed by atoms with E-state index in [1.54, 1.807) is 0 Å². The molecule has 6 heteroatoms. The van der Waals surface area contributed by atoms with Gasteiger partial charge in [0.2, 0.25) is 0 Å². The maximum atomic E-state index is 5.62. The van der Waals surface area contributed by atoms with Gasteiger partial charge in [0.1, 0.15) is 29.5 Å². The summed E-state index contributed by atoms with van der Waals surface area (Å²) in [6.07, 6.45) is 1.50. The fourth-order valence-electron chi connectivity index (χ4n) is 1.84.